The number of unbranched alkanes of at least 4 members (excludes halogenated alkanes) is 1. The summed E-state index contributed by atoms with van der Waals surface area (Å²) in [7, 11) is 1.60. The van der Waals surface area contributed by atoms with E-state index in [9.17, 15) is 4.79 Å². The Morgan fingerprint density at radius 3 is 2.87 bits per heavy atom. The van der Waals surface area contributed by atoms with E-state index in [1.165, 1.54) is 11.8 Å². The third kappa shape index (κ3) is 5.68. The van der Waals surface area contributed by atoms with Crippen molar-refractivity contribution in [2.75, 3.05) is 20.3 Å². The minimum atomic E-state index is -0.147. The molecule has 0 aliphatic carbocycles. The van der Waals surface area contributed by atoms with Crippen molar-refractivity contribution < 1.29 is 14.3 Å². The number of thioether (sulfide) groups is 1. The fourth-order valence-electron chi connectivity index (χ4n) is 2.82. The molecule has 1 aromatic carbocycles. The molecule has 1 aliphatic rings. The first kappa shape index (κ1) is 22.9. The normalized spacial score (nSPS) is 16.2. The molecule has 0 spiro atoms. The van der Waals surface area contributed by atoms with E-state index in [0.29, 0.717) is 40.4 Å². The van der Waals surface area contributed by atoms with Crippen LogP contribution in [0, 0.1) is 0 Å². The number of carbonyl (C=O) groups excluding carboxylic acids is 1. The van der Waals surface area contributed by atoms with Gasteiger partial charge in [0.1, 0.15) is 5.69 Å². The second-order valence-corrected chi connectivity index (χ2v) is 8.00. The van der Waals surface area contributed by atoms with Crippen LogP contribution in [0.25, 0.3) is 6.08 Å². The molecule has 0 unspecified atom stereocenters. The van der Waals surface area contributed by atoms with Crippen LogP contribution in [0.5, 0.6) is 11.5 Å². The number of aromatic nitrogens is 1. The largest absolute Gasteiger partial charge is 0.493 e. The molecule has 0 saturated carbocycles. The average molecular weight is 458 g/mol. The lowest BCUT2D eigenvalue weighted by atomic mass is 10.2. The van der Waals surface area contributed by atoms with E-state index in [4.69, 9.17) is 21.1 Å². The highest BCUT2D eigenvalue weighted by Gasteiger charge is 2.32. The summed E-state index contributed by atoms with van der Waals surface area (Å²) in [5.74, 6) is 1.16. The number of benzene rings is 1. The van der Waals surface area contributed by atoms with E-state index < -0.39 is 0 Å². The molecule has 1 amide bonds. The Labute approximate surface area is 191 Å². The molecule has 0 radical (unpaired) electrons. The van der Waals surface area contributed by atoms with Crippen LogP contribution in [0.1, 0.15) is 25.3 Å². The zero-order chi connectivity index (χ0) is 22.2. The topological polar surface area (TPSA) is 64.0 Å². The minimum Gasteiger partial charge on any atom is -0.493 e. The number of pyridine rings is 1. The van der Waals surface area contributed by atoms with Crippen LogP contribution in [0.4, 0.5) is 5.69 Å². The number of hydrogen-bond donors (Lipinski definition) is 0. The quantitative estimate of drug-likeness (QED) is 0.209. The van der Waals surface area contributed by atoms with Crippen LogP contribution < -0.4 is 9.47 Å². The predicted octanol–water partition coefficient (Wildman–Crippen LogP) is 5.71. The van der Waals surface area contributed by atoms with Gasteiger partial charge < -0.3 is 9.47 Å². The summed E-state index contributed by atoms with van der Waals surface area (Å²) in [6.45, 7) is 6.83. The van der Waals surface area contributed by atoms with E-state index in [1.54, 1.807) is 36.4 Å². The first-order valence-electron chi connectivity index (χ1n) is 9.89. The highest BCUT2D eigenvalue weighted by Crippen LogP contribution is 2.36. The maximum atomic E-state index is 13.0. The number of amidine groups is 1. The molecular formula is C23H24ClN3O3S. The van der Waals surface area contributed by atoms with Crippen LogP contribution in [-0.4, -0.2) is 41.2 Å². The minimum absolute atomic E-state index is 0.147. The summed E-state index contributed by atoms with van der Waals surface area (Å²) in [5, 5.41) is 0.806. The molecule has 0 N–H and O–H groups in total. The first-order valence-corrected chi connectivity index (χ1v) is 11.1. The zero-order valence-corrected chi connectivity index (χ0v) is 19.1. The summed E-state index contributed by atoms with van der Waals surface area (Å²) in [5.41, 5.74) is 1.33. The Bertz CT molecular complexity index is 1020. The van der Waals surface area contributed by atoms with Gasteiger partial charge in [-0.2, -0.15) is 0 Å². The van der Waals surface area contributed by atoms with Crippen LogP contribution in [0.3, 0.4) is 0 Å². The summed E-state index contributed by atoms with van der Waals surface area (Å²) in [4.78, 5) is 23.7. The molecule has 2 heterocycles. The fourth-order valence-corrected chi connectivity index (χ4v) is 3.98. The zero-order valence-electron chi connectivity index (χ0n) is 17.5. The molecule has 3 rings (SSSR count). The second kappa shape index (κ2) is 11.0. The molecule has 0 bridgehead atoms. The van der Waals surface area contributed by atoms with Crippen molar-refractivity contribution in [1.29, 1.82) is 0 Å². The van der Waals surface area contributed by atoms with Gasteiger partial charge in [0.15, 0.2) is 21.8 Å². The second-order valence-electron chi connectivity index (χ2n) is 6.64. The van der Waals surface area contributed by atoms with Crippen LogP contribution in [0.2, 0.25) is 5.15 Å². The summed E-state index contributed by atoms with van der Waals surface area (Å²) in [6.07, 6.45) is 7.10. The molecule has 6 nitrogen and oxygen atoms in total. The lowest BCUT2D eigenvalue weighted by Crippen LogP contribution is -2.29. The van der Waals surface area contributed by atoms with Gasteiger partial charge in [-0.25, -0.2) is 9.98 Å². The van der Waals surface area contributed by atoms with Crippen LogP contribution >= 0.6 is 23.4 Å². The SMILES string of the molecule is C=CCN1C(=O)/C(=C/c2ccc(OCCCC)c(OC)c2)SC1=Nc1cccnc1Cl. The Morgan fingerprint density at radius 1 is 1.32 bits per heavy atom. The number of carbonyl (C=O) groups is 1. The third-order valence-electron chi connectivity index (χ3n) is 4.40. The van der Waals surface area contributed by atoms with Gasteiger partial charge >= 0.3 is 0 Å². The molecule has 1 saturated heterocycles. The molecule has 2 aromatic rings. The van der Waals surface area contributed by atoms with Gasteiger partial charge in [-0.3, -0.25) is 9.69 Å². The smallest absolute Gasteiger partial charge is 0.267 e. The first-order chi connectivity index (χ1) is 15.1. The highest BCUT2D eigenvalue weighted by atomic mass is 35.5. The number of methoxy groups -OCH3 is 1. The standard InChI is InChI=1S/C23H24ClN3O3S/c1-4-6-13-30-18-10-9-16(14-19(18)29-3)15-20-22(28)27(12-5-2)23(31-20)26-17-8-7-11-25-21(17)24/h5,7-11,14-15H,2,4,6,12-13H2,1,3H3/b20-15-,26-23?. The molecule has 8 heteroatoms. The number of halogens is 1. The number of nitrogens with zero attached hydrogens (tertiary/aromatic N) is 3. The van der Waals surface area contributed by atoms with Crippen molar-refractivity contribution in [2.24, 2.45) is 4.99 Å². The van der Waals surface area contributed by atoms with Crippen molar-refractivity contribution >= 4 is 46.2 Å². The van der Waals surface area contributed by atoms with Gasteiger partial charge in [-0.05, 0) is 54.1 Å². The van der Waals surface area contributed by atoms with Crippen LogP contribution in [0.15, 0.2) is 59.1 Å². The van der Waals surface area contributed by atoms with Crippen molar-refractivity contribution in [2.45, 2.75) is 19.8 Å². The molecule has 162 valence electrons. The predicted molar refractivity (Wildman–Crippen MR) is 127 cm³/mol. The molecule has 1 aromatic heterocycles. The molecule has 0 atom stereocenters. The van der Waals surface area contributed by atoms with Gasteiger partial charge in [-0.15, -0.1) is 6.58 Å². The van der Waals surface area contributed by atoms with Gasteiger partial charge in [0, 0.05) is 12.7 Å². The fraction of sp³-hybridized carbons (Fsp3) is 0.261. The van der Waals surface area contributed by atoms with E-state index in [2.05, 4.69) is 23.5 Å². The lowest BCUT2D eigenvalue weighted by molar-refractivity contribution is -0.121. The van der Waals surface area contributed by atoms with Gasteiger partial charge in [0.05, 0.1) is 18.6 Å². The van der Waals surface area contributed by atoms with Crippen LogP contribution in [-0.2, 0) is 4.79 Å². The number of ether oxygens (including phenoxy) is 2. The molecular weight excluding hydrogens is 434 g/mol. The maximum absolute atomic E-state index is 13.0. The number of rotatable bonds is 9. The van der Waals surface area contributed by atoms with E-state index in [0.717, 1.165) is 18.4 Å². The van der Waals surface area contributed by atoms with E-state index in [-0.39, 0.29) is 11.1 Å². The summed E-state index contributed by atoms with van der Waals surface area (Å²) < 4.78 is 11.2. The highest BCUT2D eigenvalue weighted by molar-refractivity contribution is 8.18. The Kier molecular flexibility index (Phi) is 8.14. The van der Waals surface area contributed by atoms with E-state index >= 15 is 0 Å². The monoisotopic (exact) mass is 457 g/mol. The van der Waals surface area contributed by atoms with E-state index in [1.807, 2.05) is 24.3 Å². The van der Waals surface area contributed by atoms with Gasteiger partial charge in [0.25, 0.3) is 5.91 Å². The lowest BCUT2D eigenvalue weighted by Gasteiger charge is -2.12. The average Bonchev–Trinajstić information content (AvgIpc) is 3.05. The third-order valence-corrected chi connectivity index (χ3v) is 5.69. The Hall–Kier alpha value is -2.77. The van der Waals surface area contributed by atoms with Crippen molar-refractivity contribution in [3.8, 4) is 11.5 Å². The summed E-state index contributed by atoms with van der Waals surface area (Å²) >= 11 is 7.41. The molecule has 1 fully saturated rings. The van der Waals surface area contributed by atoms with Crippen molar-refractivity contribution in [1.82, 2.24) is 9.88 Å². The Morgan fingerprint density at radius 2 is 2.16 bits per heavy atom. The Balaban J connectivity index is 1.89. The van der Waals surface area contributed by atoms with Gasteiger partial charge in [-0.1, -0.05) is 37.1 Å². The van der Waals surface area contributed by atoms with Gasteiger partial charge in [0.2, 0.25) is 0 Å². The number of aliphatic imine (C=N–C) groups is 1. The molecule has 1 aliphatic heterocycles. The number of amides is 1. The van der Waals surface area contributed by atoms with Crippen molar-refractivity contribution in [3.63, 3.8) is 0 Å². The molecule has 31 heavy (non-hydrogen) atoms. The summed E-state index contributed by atoms with van der Waals surface area (Å²) in [6, 6.07) is 9.11. The van der Waals surface area contributed by atoms with Crippen molar-refractivity contribution in [3.05, 3.63) is 64.8 Å². The maximum Gasteiger partial charge on any atom is 0.267 e. The number of hydrogen-bond acceptors (Lipinski definition) is 6.